The van der Waals surface area contributed by atoms with Crippen LogP contribution in [0.3, 0.4) is 0 Å². The molecule has 1 aromatic carbocycles. The molecule has 0 radical (unpaired) electrons. The number of carbonyl (C=O) groups is 1. The van der Waals surface area contributed by atoms with E-state index in [1.165, 1.54) is 6.42 Å². The number of hydrogen-bond acceptors (Lipinski definition) is 3. The molecule has 3 rings (SSSR count). The number of benzene rings is 1. The van der Waals surface area contributed by atoms with Crippen LogP contribution in [-0.2, 0) is 4.79 Å². The van der Waals surface area contributed by atoms with Gasteiger partial charge in [-0.3, -0.25) is 9.69 Å². The van der Waals surface area contributed by atoms with Crippen molar-refractivity contribution in [3.05, 3.63) is 33.8 Å². The number of likely N-dealkylation sites (N-methyl/N-ethyl adjacent to an activating group) is 1. The molecule has 2 fully saturated rings. The largest absolute Gasteiger partial charge is 0.392 e. The minimum absolute atomic E-state index is 0.0232. The molecule has 2 unspecified atom stereocenters. The molecule has 1 amide bonds. The van der Waals surface area contributed by atoms with Gasteiger partial charge in [0, 0.05) is 26.2 Å². The van der Waals surface area contributed by atoms with Crippen LogP contribution in [-0.4, -0.2) is 48.2 Å². The Morgan fingerprint density at radius 3 is 2.64 bits per heavy atom. The van der Waals surface area contributed by atoms with Crippen molar-refractivity contribution >= 4 is 29.1 Å². The van der Waals surface area contributed by atoms with Crippen LogP contribution in [0.15, 0.2) is 18.2 Å². The van der Waals surface area contributed by atoms with Gasteiger partial charge in [0.05, 0.1) is 22.1 Å². The van der Waals surface area contributed by atoms with E-state index in [0.29, 0.717) is 22.6 Å². The summed E-state index contributed by atoms with van der Waals surface area (Å²) in [5.41, 5.74) is 0.922. The molecule has 25 heavy (non-hydrogen) atoms. The summed E-state index contributed by atoms with van der Waals surface area (Å²) < 4.78 is 0. The predicted octanol–water partition coefficient (Wildman–Crippen LogP) is 3.45. The number of aliphatic hydroxyl groups excluding tert-OH is 1. The lowest BCUT2D eigenvalue weighted by Gasteiger charge is -2.41. The Morgan fingerprint density at radius 2 is 2.00 bits per heavy atom. The second kappa shape index (κ2) is 8.26. The molecule has 4 atom stereocenters. The average Bonchev–Trinajstić information content (AvgIpc) is 3.05. The third kappa shape index (κ3) is 4.13. The number of halogens is 2. The Morgan fingerprint density at radius 1 is 1.24 bits per heavy atom. The molecule has 2 aliphatic rings. The van der Waals surface area contributed by atoms with E-state index in [9.17, 15) is 9.90 Å². The molecule has 1 heterocycles. The summed E-state index contributed by atoms with van der Waals surface area (Å²) in [6.45, 7) is 1.62. The lowest BCUT2D eigenvalue weighted by Crippen LogP contribution is -2.46. The Hall–Kier alpha value is -0.810. The first-order valence-electron chi connectivity index (χ1n) is 9.10. The maximum Gasteiger partial charge on any atom is 0.227 e. The summed E-state index contributed by atoms with van der Waals surface area (Å²) in [6, 6.07) is 5.84. The molecule has 1 saturated carbocycles. The van der Waals surface area contributed by atoms with E-state index in [4.69, 9.17) is 23.2 Å². The molecular formula is C19H26Cl2N2O2. The predicted molar refractivity (Wildman–Crippen MR) is 101 cm³/mol. The van der Waals surface area contributed by atoms with Gasteiger partial charge in [0.2, 0.25) is 5.91 Å². The standard InChI is InChI=1S/C19H26Cl2N2O2/c1-22-19(25)18(12-6-7-15(20)16(21)10-12)14-4-2-3-5-17(14)23-9-8-13(24)11-23/h6-7,10,13-14,17-18,24H,2-5,8-9,11H2,1H3,(H,22,25)/t13?,14-,17-,18?/m1/s1. The summed E-state index contributed by atoms with van der Waals surface area (Å²) >= 11 is 12.3. The summed E-state index contributed by atoms with van der Waals surface area (Å²) in [5.74, 6) is -0.00548. The highest BCUT2D eigenvalue weighted by Gasteiger charge is 2.41. The van der Waals surface area contributed by atoms with Gasteiger partial charge in [0.15, 0.2) is 0 Å². The van der Waals surface area contributed by atoms with Gasteiger partial charge in [-0.1, -0.05) is 42.1 Å². The topological polar surface area (TPSA) is 52.6 Å². The van der Waals surface area contributed by atoms with Gasteiger partial charge in [-0.05, 0) is 42.9 Å². The van der Waals surface area contributed by atoms with Crippen molar-refractivity contribution < 1.29 is 9.90 Å². The lowest BCUT2D eigenvalue weighted by molar-refractivity contribution is -0.124. The maximum atomic E-state index is 12.8. The van der Waals surface area contributed by atoms with Gasteiger partial charge in [-0.15, -0.1) is 0 Å². The first-order valence-corrected chi connectivity index (χ1v) is 9.85. The quantitative estimate of drug-likeness (QED) is 0.835. The van der Waals surface area contributed by atoms with Gasteiger partial charge in [0.1, 0.15) is 0 Å². The van der Waals surface area contributed by atoms with E-state index >= 15 is 0 Å². The van der Waals surface area contributed by atoms with Gasteiger partial charge >= 0.3 is 0 Å². The number of amides is 1. The van der Waals surface area contributed by atoms with Crippen LogP contribution in [0.2, 0.25) is 10.0 Å². The van der Waals surface area contributed by atoms with Crippen molar-refractivity contribution in [1.82, 2.24) is 10.2 Å². The van der Waals surface area contributed by atoms with Crippen LogP contribution in [0.25, 0.3) is 0 Å². The molecule has 1 aliphatic heterocycles. The van der Waals surface area contributed by atoms with E-state index in [1.54, 1.807) is 13.1 Å². The fourth-order valence-electron chi connectivity index (χ4n) is 4.51. The third-order valence-corrected chi connectivity index (χ3v) is 6.44. The van der Waals surface area contributed by atoms with Crippen LogP contribution < -0.4 is 5.32 Å². The summed E-state index contributed by atoms with van der Waals surface area (Å²) in [4.78, 5) is 15.2. The smallest absolute Gasteiger partial charge is 0.227 e. The monoisotopic (exact) mass is 384 g/mol. The van der Waals surface area contributed by atoms with E-state index < -0.39 is 0 Å². The molecule has 0 aromatic heterocycles. The zero-order valence-electron chi connectivity index (χ0n) is 14.5. The third-order valence-electron chi connectivity index (χ3n) is 5.71. The van der Waals surface area contributed by atoms with Crippen LogP contribution in [0, 0.1) is 5.92 Å². The number of β-amino-alcohol motifs (C(OH)–C–C–N with tert-alkyl or cyclic N) is 1. The summed E-state index contributed by atoms with van der Waals surface area (Å²) in [5, 5.41) is 13.8. The maximum absolute atomic E-state index is 12.8. The first-order chi connectivity index (χ1) is 12.0. The molecule has 1 aliphatic carbocycles. The van der Waals surface area contributed by atoms with Crippen LogP contribution in [0.1, 0.15) is 43.6 Å². The molecule has 2 N–H and O–H groups in total. The first kappa shape index (κ1) is 19.0. The number of hydrogen-bond donors (Lipinski definition) is 2. The minimum Gasteiger partial charge on any atom is -0.392 e. The van der Waals surface area contributed by atoms with Gasteiger partial charge < -0.3 is 10.4 Å². The molecule has 0 bridgehead atoms. The highest BCUT2D eigenvalue weighted by Crippen LogP contribution is 2.41. The molecule has 0 spiro atoms. The SMILES string of the molecule is CNC(=O)C(c1ccc(Cl)c(Cl)c1)[C@@H]1CCCC[C@H]1N1CCC(O)C1. The Labute approximate surface area is 159 Å². The van der Waals surface area contributed by atoms with Gasteiger partial charge in [-0.2, -0.15) is 0 Å². The van der Waals surface area contributed by atoms with Gasteiger partial charge in [0.25, 0.3) is 0 Å². The van der Waals surface area contributed by atoms with Crippen molar-refractivity contribution in [3.63, 3.8) is 0 Å². The Bertz CT molecular complexity index is 625. The molecule has 1 aromatic rings. The van der Waals surface area contributed by atoms with Crippen LogP contribution >= 0.6 is 23.2 Å². The zero-order valence-corrected chi connectivity index (χ0v) is 16.1. The second-order valence-electron chi connectivity index (χ2n) is 7.22. The van der Waals surface area contributed by atoms with Crippen molar-refractivity contribution in [2.45, 2.75) is 50.2 Å². The molecule has 6 heteroatoms. The Kier molecular flexibility index (Phi) is 6.26. The van der Waals surface area contributed by atoms with E-state index in [0.717, 1.165) is 37.8 Å². The van der Waals surface area contributed by atoms with Crippen LogP contribution in [0.5, 0.6) is 0 Å². The Balaban J connectivity index is 1.92. The van der Waals surface area contributed by atoms with E-state index in [1.807, 2.05) is 12.1 Å². The van der Waals surface area contributed by atoms with Crippen molar-refractivity contribution in [3.8, 4) is 0 Å². The van der Waals surface area contributed by atoms with E-state index in [-0.39, 0.29) is 23.8 Å². The average molecular weight is 385 g/mol. The number of nitrogens with zero attached hydrogens (tertiary/aromatic N) is 1. The fraction of sp³-hybridized carbons (Fsp3) is 0.632. The molecular weight excluding hydrogens is 359 g/mol. The number of aliphatic hydroxyl groups is 1. The van der Waals surface area contributed by atoms with Crippen LogP contribution in [0.4, 0.5) is 0 Å². The zero-order chi connectivity index (χ0) is 18.0. The normalized spacial score (nSPS) is 28.7. The minimum atomic E-state index is -0.247. The highest BCUT2D eigenvalue weighted by molar-refractivity contribution is 6.42. The molecule has 4 nitrogen and oxygen atoms in total. The number of carbonyl (C=O) groups excluding carboxylic acids is 1. The van der Waals surface area contributed by atoms with E-state index in [2.05, 4.69) is 10.2 Å². The number of rotatable bonds is 4. The highest BCUT2D eigenvalue weighted by atomic mass is 35.5. The van der Waals surface area contributed by atoms with Gasteiger partial charge in [-0.25, -0.2) is 0 Å². The van der Waals surface area contributed by atoms with Crippen molar-refractivity contribution in [1.29, 1.82) is 0 Å². The summed E-state index contributed by atoms with van der Waals surface area (Å²) in [6.07, 6.45) is 4.97. The lowest BCUT2D eigenvalue weighted by atomic mass is 9.72. The summed E-state index contributed by atoms with van der Waals surface area (Å²) in [7, 11) is 1.68. The van der Waals surface area contributed by atoms with Crippen molar-refractivity contribution in [2.24, 2.45) is 5.92 Å². The number of nitrogens with one attached hydrogen (secondary N) is 1. The second-order valence-corrected chi connectivity index (χ2v) is 8.03. The number of likely N-dealkylation sites (tertiary alicyclic amines) is 1. The van der Waals surface area contributed by atoms with Crippen molar-refractivity contribution in [2.75, 3.05) is 20.1 Å². The fourth-order valence-corrected chi connectivity index (χ4v) is 4.81. The molecule has 1 saturated heterocycles. The molecule has 138 valence electrons.